The van der Waals surface area contributed by atoms with Gasteiger partial charge < -0.3 is 15.0 Å². The van der Waals surface area contributed by atoms with Crippen LogP contribution in [0.2, 0.25) is 0 Å². The van der Waals surface area contributed by atoms with E-state index >= 15 is 0 Å². The molecule has 0 aliphatic carbocycles. The molecule has 1 amide bonds. The van der Waals surface area contributed by atoms with Crippen molar-refractivity contribution in [2.45, 2.75) is 6.42 Å². The van der Waals surface area contributed by atoms with Gasteiger partial charge in [-0.1, -0.05) is 0 Å². The van der Waals surface area contributed by atoms with Gasteiger partial charge in [0.25, 0.3) is 0 Å². The van der Waals surface area contributed by atoms with Crippen LogP contribution in [0, 0.1) is 0 Å². The van der Waals surface area contributed by atoms with E-state index in [1.807, 2.05) is 0 Å². The fourth-order valence-corrected chi connectivity index (χ4v) is 1.66. The average molecular weight is 229 g/mol. The lowest BCUT2D eigenvalue weighted by Gasteiger charge is -2.32. The lowest BCUT2D eigenvalue weighted by molar-refractivity contribution is -0.121. The summed E-state index contributed by atoms with van der Waals surface area (Å²) in [7, 11) is 3.80. The quantitative estimate of drug-likeness (QED) is 0.617. The third kappa shape index (κ3) is 5.44. The van der Waals surface area contributed by atoms with Gasteiger partial charge in [-0.05, 0) is 7.05 Å². The smallest absolute Gasteiger partial charge is 0.222 e. The molecule has 0 aromatic carbocycles. The first-order valence-corrected chi connectivity index (χ1v) is 5.91. The number of amides is 1. The summed E-state index contributed by atoms with van der Waals surface area (Å²) in [5.41, 5.74) is 0. The minimum atomic E-state index is 0.0413. The van der Waals surface area contributed by atoms with Crippen LogP contribution in [0.15, 0.2) is 0 Å². The molecule has 1 N–H and O–H groups in total. The SMILES string of the molecule is CNC(=O)CCOCCN1CCN(C)CC1. The fraction of sp³-hybridized carbons (Fsp3) is 0.909. The molecule has 1 saturated heterocycles. The minimum Gasteiger partial charge on any atom is -0.380 e. The van der Waals surface area contributed by atoms with E-state index in [9.17, 15) is 4.79 Å². The van der Waals surface area contributed by atoms with Gasteiger partial charge in [0, 0.05) is 46.2 Å². The van der Waals surface area contributed by atoms with Crippen molar-refractivity contribution in [3.63, 3.8) is 0 Å². The molecule has 16 heavy (non-hydrogen) atoms. The first-order valence-electron chi connectivity index (χ1n) is 5.91. The number of carbonyl (C=O) groups excluding carboxylic acids is 1. The van der Waals surface area contributed by atoms with Gasteiger partial charge in [-0.2, -0.15) is 0 Å². The van der Waals surface area contributed by atoms with Crippen molar-refractivity contribution in [2.75, 3.05) is 60.0 Å². The Morgan fingerprint density at radius 2 is 1.94 bits per heavy atom. The summed E-state index contributed by atoms with van der Waals surface area (Å²) >= 11 is 0. The number of nitrogens with one attached hydrogen (secondary N) is 1. The Kier molecular flexibility index (Phi) is 6.37. The molecule has 1 aliphatic heterocycles. The molecule has 0 unspecified atom stereocenters. The van der Waals surface area contributed by atoms with E-state index in [-0.39, 0.29) is 5.91 Å². The summed E-state index contributed by atoms with van der Waals surface area (Å²) < 4.78 is 5.42. The van der Waals surface area contributed by atoms with Crippen LogP contribution in [-0.2, 0) is 9.53 Å². The van der Waals surface area contributed by atoms with Gasteiger partial charge in [0.05, 0.1) is 13.2 Å². The van der Waals surface area contributed by atoms with Crippen LogP contribution in [0.3, 0.4) is 0 Å². The zero-order chi connectivity index (χ0) is 11.8. The Balaban J connectivity index is 1.93. The molecule has 0 spiro atoms. The van der Waals surface area contributed by atoms with E-state index < -0.39 is 0 Å². The lowest BCUT2D eigenvalue weighted by atomic mass is 10.3. The van der Waals surface area contributed by atoms with Crippen molar-refractivity contribution >= 4 is 5.91 Å². The monoisotopic (exact) mass is 229 g/mol. The van der Waals surface area contributed by atoms with Crippen molar-refractivity contribution in [1.82, 2.24) is 15.1 Å². The molecule has 1 fully saturated rings. The molecule has 0 radical (unpaired) electrons. The van der Waals surface area contributed by atoms with Gasteiger partial charge >= 0.3 is 0 Å². The third-order valence-corrected chi connectivity index (χ3v) is 2.90. The first kappa shape index (κ1) is 13.4. The first-order chi connectivity index (χ1) is 7.72. The average Bonchev–Trinajstić information content (AvgIpc) is 2.31. The number of carbonyl (C=O) groups is 1. The Morgan fingerprint density at radius 3 is 2.56 bits per heavy atom. The second-order valence-corrected chi connectivity index (χ2v) is 4.18. The standard InChI is InChI=1S/C11H23N3O2/c1-12-11(15)3-9-16-10-8-14-6-4-13(2)5-7-14/h3-10H2,1-2H3,(H,12,15). The van der Waals surface area contributed by atoms with Crippen molar-refractivity contribution < 1.29 is 9.53 Å². The molecule has 0 aromatic rings. The summed E-state index contributed by atoms with van der Waals surface area (Å²) in [6.45, 7) is 6.73. The van der Waals surface area contributed by atoms with Gasteiger partial charge in [0.1, 0.15) is 0 Å². The van der Waals surface area contributed by atoms with Crippen LogP contribution in [-0.4, -0.2) is 75.7 Å². The Hall–Kier alpha value is -0.650. The molecule has 1 aliphatic rings. The van der Waals surface area contributed by atoms with Gasteiger partial charge in [-0.3, -0.25) is 9.69 Å². The lowest BCUT2D eigenvalue weighted by Crippen LogP contribution is -2.45. The molecular weight excluding hydrogens is 206 g/mol. The summed E-state index contributed by atoms with van der Waals surface area (Å²) in [5.74, 6) is 0.0413. The van der Waals surface area contributed by atoms with Gasteiger partial charge in [-0.25, -0.2) is 0 Å². The van der Waals surface area contributed by atoms with E-state index in [2.05, 4.69) is 22.2 Å². The molecule has 94 valence electrons. The van der Waals surface area contributed by atoms with Crippen LogP contribution in [0.4, 0.5) is 0 Å². The highest BCUT2D eigenvalue weighted by atomic mass is 16.5. The van der Waals surface area contributed by atoms with Crippen LogP contribution in [0.5, 0.6) is 0 Å². The molecule has 5 heteroatoms. The van der Waals surface area contributed by atoms with Crippen molar-refractivity contribution in [2.24, 2.45) is 0 Å². The maximum Gasteiger partial charge on any atom is 0.222 e. The molecule has 0 bridgehead atoms. The van der Waals surface area contributed by atoms with Crippen molar-refractivity contribution in [3.8, 4) is 0 Å². The van der Waals surface area contributed by atoms with Gasteiger partial charge in [-0.15, -0.1) is 0 Å². The topological polar surface area (TPSA) is 44.8 Å². The summed E-state index contributed by atoms with van der Waals surface area (Å²) in [6.07, 6.45) is 0.458. The molecule has 5 nitrogen and oxygen atoms in total. The molecular formula is C11H23N3O2. The number of rotatable bonds is 6. The van der Waals surface area contributed by atoms with Gasteiger partial charge in [0.15, 0.2) is 0 Å². The van der Waals surface area contributed by atoms with E-state index in [4.69, 9.17) is 4.74 Å². The number of piperazine rings is 1. The van der Waals surface area contributed by atoms with E-state index in [1.54, 1.807) is 7.05 Å². The molecule has 0 saturated carbocycles. The van der Waals surface area contributed by atoms with E-state index in [1.165, 1.54) is 0 Å². The highest BCUT2D eigenvalue weighted by Crippen LogP contribution is 1.98. The maximum atomic E-state index is 10.9. The molecule has 0 aromatic heterocycles. The molecule has 1 rings (SSSR count). The number of nitrogens with zero attached hydrogens (tertiary/aromatic N) is 2. The largest absolute Gasteiger partial charge is 0.380 e. The zero-order valence-corrected chi connectivity index (χ0v) is 10.4. The highest BCUT2D eigenvalue weighted by Gasteiger charge is 2.12. The summed E-state index contributed by atoms with van der Waals surface area (Å²) in [5, 5.41) is 2.58. The second kappa shape index (κ2) is 7.60. The Morgan fingerprint density at radius 1 is 1.25 bits per heavy atom. The Bertz CT molecular complexity index is 203. The zero-order valence-electron chi connectivity index (χ0n) is 10.4. The fourth-order valence-electron chi connectivity index (χ4n) is 1.66. The molecule has 0 atom stereocenters. The third-order valence-electron chi connectivity index (χ3n) is 2.90. The van der Waals surface area contributed by atoms with Crippen LogP contribution in [0.25, 0.3) is 0 Å². The van der Waals surface area contributed by atoms with E-state index in [0.29, 0.717) is 13.0 Å². The van der Waals surface area contributed by atoms with Crippen LogP contribution < -0.4 is 5.32 Å². The summed E-state index contributed by atoms with van der Waals surface area (Å²) in [4.78, 5) is 15.6. The number of hydrogen-bond donors (Lipinski definition) is 1. The predicted octanol–water partition coefficient (Wildman–Crippen LogP) is -0.613. The van der Waals surface area contributed by atoms with Crippen LogP contribution >= 0.6 is 0 Å². The predicted molar refractivity (Wildman–Crippen MR) is 63.4 cm³/mol. The normalized spacial score (nSPS) is 18.6. The highest BCUT2D eigenvalue weighted by molar-refractivity contribution is 5.75. The summed E-state index contributed by atoms with van der Waals surface area (Å²) in [6, 6.07) is 0. The molecule has 1 heterocycles. The second-order valence-electron chi connectivity index (χ2n) is 4.18. The van der Waals surface area contributed by atoms with Crippen molar-refractivity contribution in [3.05, 3.63) is 0 Å². The van der Waals surface area contributed by atoms with Crippen LogP contribution in [0.1, 0.15) is 6.42 Å². The van der Waals surface area contributed by atoms with E-state index in [0.717, 1.165) is 39.3 Å². The number of likely N-dealkylation sites (N-methyl/N-ethyl adjacent to an activating group) is 1. The van der Waals surface area contributed by atoms with Gasteiger partial charge in [0.2, 0.25) is 5.91 Å². The van der Waals surface area contributed by atoms with Crippen molar-refractivity contribution in [1.29, 1.82) is 0 Å². The minimum absolute atomic E-state index is 0.0413. The maximum absolute atomic E-state index is 10.9. The Labute approximate surface area is 97.7 Å². The number of hydrogen-bond acceptors (Lipinski definition) is 4. The number of ether oxygens (including phenoxy) is 1.